The Morgan fingerprint density at radius 3 is 2.10 bits per heavy atom. The molecule has 3 amide bonds. The Morgan fingerprint density at radius 1 is 0.900 bits per heavy atom. The standard InChI is InChI=1S/C22H33N5O3/c1-4-26-13-14-27(22(30)21(26)29)17-20(28)24(3)15-18-5-7-19(8-6-18)16-25-11-9-23(2)10-12-25/h5-8H,4,9-17H2,1-3H3. The van der Waals surface area contributed by atoms with Crippen molar-refractivity contribution < 1.29 is 14.4 Å². The zero-order chi connectivity index (χ0) is 21.7. The predicted molar refractivity (Wildman–Crippen MR) is 115 cm³/mol. The Morgan fingerprint density at radius 2 is 1.47 bits per heavy atom. The second kappa shape index (κ2) is 10.0. The maximum Gasteiger partial charge on any atom is 0.312 e. The molecule has 0 saturated carbocycles. The molecule has 0 radical (unpaired) electrons. The van der Waals surface area contributed by atoms with Gasteiger partial charge in [0.05, 0.1) is 0 Å². The van der Waals surface area contributed by atoms with Gasteiger partial charge in [0.2, 0.25) is 5.91 Å². The lowest BCUT2D eigenvalue weighted by atomic mass is 10.1. The Hall–Kier alpha value is -2.45. The molecule has 2 saturated heterocycles. The number of likely N-dealkylation sites (N-methyl/N-ethyl adjacent to an activating group) is 3. The number of piperazine rings is 2. The first kappa shape index (κ1) is 22.2. The summed E-state index contributed by atoms with van der Waals surface area (Å²) in [5.74, 6) is -1.27. The van der Waals surface area contributed by atoms with Crippen LogP contribution in [0.5, 0.6) is 0 Å². The first-order valence-electron chi connectivity index (χ1n) is 10.7. The molecule has 2 fully saturated rings. The Balaban J connectivity index is 1.48. The number of hydrogen-bond acceptors (Lipinski definition) is 5. The molecule has 0 N–H and O–H groups in total. The van der Waals surface area contributed by atoms with Gasteiger partial charge >= 0.3 is 11.8 Å². The largest absolute Gasteiger partial charge is 0.340 e. The molecule has 2 aliphatic rings. The molecule has 2 heterocycles. The van der Waals surface area contributed by atoms with Crippen molar-refractivity contribution in [3.63, 3.8) is 0 Å². The fourth-order valence-electron chi connectivity index (χ4n) is 3.83. The molecule has 0 atom stereocenters. The summed E-state index contributed by atoms with van der Waals surface area (Å²) < 4.78 is 0. The summed E-state index contributed by atoms with van der Waals surface area (Å²) in [6, 6.07) is 8.37. The summed E-state index contributed by atoms with van der Waals surface area (Å²) in [7, 11) is 3.89. The van der Waals surface area contributed by atoms with Crippen molar-refractivity contribution in [1.82, 2.24) is 24.5 Å². The number of carbonyl (C=O) groups excluding carboxylic acids is 3. The fourth-order valence-corrected chi connectivity index (χ4v) is 3.83. The zero-order valence-corrected chi connectivity index (χ0v) is 18.3. The van der Waals surface area contributed by atoms with Gasteiger partial charge in [0.15, 0.2) is 0 Å². The highest BCUT2D eigenvalue weighted by atomic mass is 16.2. The van der Waals surface area contributed by atoms with E-state index >= 15 is 0 Å². The summed E-state index contributed by atoms with van der Waals surface area (Å²) in [6.45, 7) is 8.98. The van der Waals surface area contributed by atoms with Crippen LogP contribution in [-0.2, 0) is 27.5 Å². The van der Waals surface area contributed by atoms with E-state index in [2.05, 4.69) is 41.1 Å². The van der Waals surface area contributed by atoms with Gasteiger partial charge in [0.1, 0.15) is 6.54 Å². The van der Waals surface area contributed by atoms with Crippen molar-refractivity contribution in [2.75, 3.05) is 66.5 Å². The maximum absolute atomic E-state index is 12.6. The first-order valence-corrected chi connectivity index (χ1v) is 10.7. The van der Waals surface area contributed by atoms with Crippen LogP contribution in [-0.4, -0.2) is 109 Å². The second-order valence-electron chi connectivity index (χ2n) is 8.26. The van der Waals surface area contributed by atoms with Gasteiger partial charge in [0, 0.05) is 66.0 Å². The molecule has 0 unspecified atom stereocenters. The van der Waals surface area contributed by atoms with Crippen molar-refractivity contribution in [3.8, 4) is 0 Å². The number of hydrogen-bond donors (Lipinski definition) is 0. The van der Waals surface area contributed by atoms with E-state index in [9.17, 15) is 14.4 Å². The number of benzene rings is 1. The van der Waals surface area contributed by atoms with E-state index in [0.717, 1.165) is 38.3 Å². The minimum Gasteiger partial charge on any atom is -0.340 e. The normalized spacial score (nSPS) is 18.8. The van der Waals surface area contributed by atoms with Gasteiger partial charge in [-0.1, -0.05) is 24.3 Å². The average Bonchev–Trinajstić information content (AvgIpc) is 2.74. The molecular weight excluding hydrogens is 382 g/mol. The number of rotatable bonds is 7. The van der Waals surface area contributed by atoms with E-state index < -0.39 is 11.8 Å². The third-order valence-corrected chi connectivity index (χ3v) is 5.98. The zero-order valence-electron chi connectivity index (χ0n) is 18.3. The van der Waals surface area contributed by atoms with Crippen LogP contribution in [0.4, 0.5) is 0 Å². The van der Waals surface area contributed by atoms with E-state index in [1.165, 1.54) is 15.4 Å². The molecule has 164 valence electrons. The molecule has 0 aromatic heterocycles. The van der Waals surface area contributed by atoms with Crippen LogP contribution in [0.1, 0.15) is 18.1 Å². The highest BCUT2D eigenvalue weighted by Gasteiger charge is 2.33. The van der Waals surface area contributed by atoms with Crippen LogP contribution in [0.15, 0.2) is 24.3 Å². The van der Waals surface area contributed by atoms with E-state index in [4.69, 9.17) is 0 Å². The molecule has 8 heteroatoms. The minimum atomic E-state index is -0.585. The van der Waals surface area contributed by atoms with Gasteiger partial charge in [0.25, 0.3) is 0 Å². The van der Waals surface area contributed by atoms with Gasteiger partial charge in [-0.25, -0.2) is 0 Å². The highest BCUT2D eigenvalue weighted by Crippen LogP contribution is 2.12. The quantitative estimate of drug-likeness (QED) is 0.590. The molecule has 1 aromatic rings. The van der Waals surface area contributed by atoms with Gasteiger partial charge in [-0.15, -0.1) is 0 Å². The van der Waals surface area contributed by atoms with Crippen LogP contribution >= 0.6 is 0 Å². The lowest BCUT2D eigenvalue weighted by molar-refractivity contribution is -0.157. The molecular formula is C22H33N5O3. The van der Waals surface area contributed by atoms with Crippen molar-refractivity contribution in [2.45, 2.75) is 20.0 Å². The number of amides is 3. The van der Waals surface area contributed by atoms with Crippen molar-refractivity contribution >= 4 is 17.7 Å². The van der Waals surface area contributed by atoms with Crippen LogP contribution in [0.25, 0.3) is 0 Å². The lowest BCUT2D eigenvalue weighted by Crippen LogP contribution is -2.56. The third-order valence-electron chi connectivity index (χ3n) is 5.98. The summed E-state index contributed by atoms with van der Waals surface area (Å²) in [5.41, 5.74) is 2.32. The molecule has 8 nitrogen and oxygen atoms in total. The van der Waals surface area contributed by atoms with E-state index in [1.807, 2.05) is 6.92 Å². The summed E-state index contributed by atoms with van der Waals surface area (Å²) >= 11 is 0. The molecule has 30 heavy (non-hydrogen) atoms. The minimum absolute atomic E-state index is 0.0554. The molecule has 1 aromatic carbocycles. The predicted octanol–water partition coefficient (Wildman–Crippen LogP) is 0.0831. The van der Waals surface area contributed by atoms with E-state index in [1.54, 1.807) is 11.9 Å². The van der Waals surface area contributed by atoms with Crippen LogP contribution in [0.2, 0.25) is 0 Å². The average molecular weight is 416 g/mol. The maximum atomic E-state index is 12.6. The van der Waals surface area contributed by atoms with Crippen LogP contribution in [0, 0.1) is 0 Å². The molecule has 2 aliphatic heterocycles. The second-order valence-corrected chi connectivity index (χ2v) is 8.26. The SMILES string of the molecule is CCN1CCN(CC(=O)N(C)Cc2ccc(CN3CCN(C)CC3)cc2)C(=O)C1=O. The fraction of sp³-hybridized carbons (Fsp3) is 0.591. The monoisotopic (exact) mass is 415 g/mol. The number of nitrogens with zero attached hydrogens (tertiary/aromatic N) is 5. The third kappa shape index (κ3) is 5.58. The topological polar surface area (TPSA) is 67.4 Å². The summed E-state index contributed by atoms with van der Waals surface area (Å²) in [5, 5.41) is 0. The Bertz CT molecular complexity index is 759. The first-order chi connectivity index (χ1) is 14.4. The van der Waals surface area contributed by atoms with Crippen LogP contribution < -0.4 is 0 Å². The van der Waals surface area contributed by atoms with E-state index in [0.29, 0.717) is 26.2 Å². The van der Waals surface area contributed by atoms with Crippen LogP contribution in [0.3, 0.4) is 0 Å². The highest BCUT2D eigenvalue weighted by molar-refractivity contribution is 6.35. The van der Waals surface area contributed by atoms with Crippen molar-refractivity contribution in [1.29, 1.82) is 0 Å². The van der Waals surface area contributed by atoms with Crippen molar-refractivity contribution in [3.05, 3.63) is 35.4 Å². The smallest absolute Gasteiger partial charge is 0.312 e. The molecule has 0 aliphatic carbocycles. The Kier molecular flexibility index (Phi) is 7.44. The van der Waals surface area contributed by atoms with Crippen molar-refractivity contribution in [2.24, 2.45) is 0 Å². The summed E-state index contributed by atoms with van der Waals surface area (Å²) in [6.07, 6.45) is 0. The lowest BCUT2D eigenvalue weighted by Gasteiger charge is -2.33. The van der Waals surface area contributed by atoms with Gasteiger partial charge in [-0.2, -0.15) is 0 Å². The summed E-state index contributed by atoms with van der Waals surface area (Å²) in [4.78, 5) is 46.0. The Labute approximate surface area is 179 Å². The van der Waals surface area contributed by atoms with E-state index in [-0.39, 0.29) is 12.5 Å². The molecule has 3 rings (SSSR count). The van der Waals surface area contributed by atoms with Gasteiger partial charge in [-0.3, -0.25) is 19.3 Å². The van der Waals surface area contributed by atoms with Gasteiger partial charge in [-0.05, 0) is 25.1 Å². The van der Waals surface area contributed by atoms with Gasteiger partial charge < -0.3 is 19.6 Å². The number of carbonyl (C=O) groups is 3. The molecule has 0 bridgehead atoms. The molecule has 0 spiro atoms.